The van der Waals surface area contributed by atoms with Crippen molar-refractivity contribution in [1.29, 1.82) is 0 Å². The molecule has 0 saturated heterocycles. The minimum absolute atomic E-state index is 0.148. The Balaban J connectivity index is 1.82. The van der Waals surface area contributed by atoms with E-state index in [1.165, 1.54) is 22.8 Å². The quantitative estimate of drug-likeness (QED) is 0.270. The number of nitrogens with zero attached hydrogens (tertiary/aromatic N) is 4. The Kier molecular flexibility index (Phi) is 4.82. The second kappa shape index (κ2) is 7.83. The van der Waals surface area contributed by atoms with Crippen LogP contribution in [-0.2, 0) is 4.79 Å². The summed E-state index contributed by atoms with van der Waals surface area (Å²) in [6.07, 6.45) is 1.59. The van der Waals surface area contributed by atoms with Gasteiger partial charge < -0.3 is 4.90 Å². The molecular weight excluding hydrogens is 420 g/mol. The maximum atomic E-state index is 13.5. The summed E-state index contributed by atoms with van der Waals surface area (Å²) in [6.45, 7) is 2.39. The number of carbonyl (C=O) groups is 1. The average molecular weight is 438 g/mol. The lowest BCUT2D eigenvalue weighted by molar-refractivity contribution is -0.384. The summed E-state index contributed by atoms with van der Waals surface area (Å²) in [6, 6.07) is 20.1. The summed E-state index contributed by atoms with van der Waals surface area (Å²) in [5.74, 6) is 0.0296. The fourth-order valence-corrected chi connectivity index (χ4v) is 4.13. The first-order valence-corrected chi connectivity index (χ1v) is 10.4. The van der Waals surface area contributed by atoms with Crippen molar-refractivity contribution in [3.8, 4) is 5.69 Å². The first-order valence-electron chi connectivity index (χ1n) is 10.4. The molecular formula is C25H18N4O4. The number of hydrogen-bond donors (Lipinski definition) is 0. The minimum atomic E-state index is -0.517. The first-order chi connectivity index (χ1) is 16.0. The van der Waals surface area contributed by atoms with E-state index in [2.05, 4.69) is 4.98 Å². The van der Waals surface area contributed by atoms with E-state index in [1.807, 2.05) is 31.2 Å². The number of non-ortho nitro benzene ring substituents is 1. The Morgan fingerprint density at radius 1 is 1.00 bits per heavy atom. The molecule has 1 amide bonds. The Bertz CT molecular complexity index is 1540. The number of fused-ring (bicyclic) bond motifs is 2. The van der Waals surface area contributed by atoms with Gasteiger partial charge in [-0.3, -0.25) is 24.3 Å². The van der Waals surface area contributed by atoms with Crippen LogP contribution in [-0.4, -0.2) is 26.9 Å². The molecule has 0 fully saturated rings. The smallest absolute Gasteiger partial charge is 0.271 e. The van der Waals surface area contributed by atoms with Crippen LogP contribution in [0.5, 0.6) is 0 Å². The number of carbonyl (C=O) groups excluding carboxylic acids is 1. The van der Waals surface area contributed by atoms with Gasteiger partial charge >= 0.3 is 0 Å². The van der Waals surface area contributed by atoms with Gasteiger partial charge in [0.2, 0.25) is 0 Å². The number of anilines is 1. The zero-order valence-corrected chi connectivity index (χ0v) is 17.6. The van der Waals surface area contributed by atoms with Crippen molar-refractivity contribution < 1.29 is 9.72 Å². The van der Waals surface area contributed by atoms with Crippen LogP contribution >= 0.6 is 0 Å². The molecule has 0 spiro atoms. The number of rotatable bonds is 4. The molecule has 2 heterocycles. The van der Waals surface area contributed by atoms with E-state index in [0.29, 0.717) is 28.7 Å². The molecule has 1 aliphatic rings. The summed E-state index contributed by atoms with van der Waals surface area (Å²) >= 11 is 0. The maximum absolute atomic E-state index is 13.5. The van der Waals surface area contributed by atoms with Crippen LogP contribution in [0.3, 0.4) is 0 Å². The van der Waals surface area contributed by atoms with E-state index in [0.717, 1.165) is 11.3 Å². The van der Waals surface area contributed by atoms with E-state index >= 15 is 0 Å². The van der Waals surface area contributed by atoms with Gasteiger partial charge in [-0.25, -0.2) is 4.98 Å². The van der Waals surface area contributed by atoms with Crippen LogP contribution in [0, 0.1) is 10.1 Å². The predicted octanol–water partition coefficient (Wildman–Crippen LogP) is 4.20. The molecule has 162 valence electrons. The highest BCUT2D eigenvalue weighted by Crippen LogP contribution is 2.37. The normalized spacial score (nSPS) is 14.2. The monoisotopic (exact) mass is 438 g/mol. The molecule has 3 aromatic carbocycles. The van der Waals surface area contributed by atoms with Crippen LogP contribution in [0.25, 0.3) is 28.2 Å². The fourth-order valence-electron chi connectivity index (χ4n) is 4.13. The lowest BCUT2D eigenvalue weighted by Crippen LogP contribution is -2.26. The van der Waals surface area contributed by atoms with Crippen LogP contribution in [0.4, 0.5) is 11.4 Å². The van der Waals surface area contributed by atoms with E-state index < -0.39 is 4.92 Å². The minimum Gasteiger partial charge on any atom is -0.308 e. The number of aromatic nitrogens is 2. The molecule has 4 aromatic rings. The molecule has 0 radical (unpaired) electrons. The van der Waals surface area contributed by atoms with E-state index in [-0.39, 0.29) is 23.0 Å². The van der Waals surface area contributed by atoms with Crippen molar-refractivity contribution in [2.75, 3.05) is 11.4 Å². The molecule has 1 aliphatic heterocycles. The zero-order chi connectivity index (χ0) is 23.1. The van der Waals surface area contributed by atoms with Crippen LogP contribution < -0.4 is 10.5 Å². The van der Waals surface area contributed by atoms with Gasteiger partial charge in [-0.15, -0.1) is 0 Å². The number of nitro groups is 1. The topological polar surface area (TPSA) is 98.3 Å². The summed E-state index contributed by atoms with van der Waals surface area (Å²) in [5.41, 5.74) is 2.20. The lowest BCUT2D eigenvalue weighted by atomic mass is 10.1. The first kappa shape index (κ1) is 20.3. The molecule has 33 heavy (non-hydrogen) atoms. The molecule has 0 saturated carbocycles. The number of nitro benzene ring substituents is 1. The van der Waals surface area contributed by atoms with Crippen molar-refractivity contribution in [2.24, 2.45) is 0 Å². The van der Waals surface area contributed by atoms with Gasteiger partial charge in [-0.2, -0.15) is 0 Å². The Labute approximate surface area is 188 Å². The molecule has 0 atom stereocenters. The molecule has 8 nitrogen and oxygen atoms in total. The van der Waals surface area contributed by atoms with Crippen molar-refractivity contribution in [2.45, 2.75) is 6.92 Å². The average Bonchev–Trinajstić information content (AvgIpc) is 3.10. The molecule has 0 bridgehead atoms. The molecule has 8 heteroatoms. The van der Waals surface area contributed by atoms with Gasteiger partial charge in [0.25, 0.3) is 17.2 Å². The van der Waals surface area contributed by atoms with E-state index in [9.17, 15) is 19.7 Å². The predicted molar refractivity (Wildman–Crippen MR) is 126 cm³/mol. The Morgan fingerprint density at radius 2 is 1.76 bits per heavy atom. The van der Waals surface area contributed by atoms with Crippen LogP contribution in [0.15, 0.2) is 77.6 Å². The second-order valence-electron chi connectivity index (χ2n) is 7.53. The second-order valence-corrected chi connectivity index (χ2v) is 7.53. The number of benzene rings is 3. The summed E-state index contributed by atoms with van der Waals surface area (Å²) in [5, 5.41) is 11.7. The number of para-hydroxylation sites is 2. The highest BCUT2D eigenvalue weighted by Gasteiger charge is 2.31. The van der Waals surface area contributed by atoms with Crippen LogP contribution in [0.1, 0.15) is 18.3 Å². The van der Waals surface area contributed by atoms with Gasteiger partial charge in [0.05, 0.1) is 32.8 Å². The van der Waals surface area contributed by atoms with Crippen molar-refractivity contribution in [3.05, 3.63) is 105 Å². The summed E-state index contributed by atoms with van der Waals surface area (Å²) in [7, 11) is 0. The van der Waals surface area contributed by atoms with Crippen LogP contribution in [0.2, 0.25) is 0 Å². The zero-order valence-electron chi connectivity index (χ0n) is 17.6. The lowest BCUT2D eigenvalue weighted by Gasteiger charge is -2.13. The Morgan fingerprint density at radius 3 is 2.55 bits per heavy atom. The summed E-state index contributed by atoms with van der Waals surface area (Å²) in [4.78, 5) is 43.8. The third-order valence-electron chi connectivity index (χ3n) is 5.65. The third kappa shape index (κ3) is 3.28. The highest BCUT2D eigenvalue weighted by molar-refractivity contribution is 6.35. The fraction of sp³-hybridized carbons (Fsp3) is 0.0800. The third-order valence-corrected chi connectivity index (χ3v) is 5.65. The van der Waals surface area contributed by atoms with Gasteiger partial charge in [0, 0.05) is 24.2 Å². The standard InChI is InChI=1S/C25H18N4O4/c1-2-27-22-13-6-4-10-18(22)20(24(27)30)15-23-26-21-12-5-3-11-19(21)25(31)28(23)16-8-7-9-17(14-16)29(32)33/h3-15H,2H2,1H3/b20-15-. The molecule has 0 unspecified atom stereocenters. The van der Waals surface area contributed by atoms with Gasteiger partial charge in [-0.05, 0) is 37.3 Å². The number of likely N-dealkylation sites (N-methyl/N-ethyl adjacent to an activating group) is 1. The van der Waals surface area contributed by atoms with E-state index in [1.54, 1.807) is 41.3 Å². The van der Waals surface area contributed by atoms with Gasteiger partial charge in [-0.1, -0.05) is 36.4 Å². The number of amides is 1. The summed E-state index contributed by atoms with van der Waals surface area (Å²) < 4.78 is 1.31. The van der Waals surface area contributed by atoms with Gasteiger partial charge in [0.1, 0.15) is 5.82 Å². The molecule has 5 rings (SSSR count). The molecule has 0 aliphatic carbocycles. The van der Waals surface area contributed by atoms with E-state index in [4.69, 9.17) is 0 Å². The van der Waals surface area contributed by atoms with Crippen molar-refractivity contribution in [3.63, 3.8) is 0 Å². The Hall–Kier alpha value is -4.59. The largest absolute Gasteiger partial charge is 0.308 e. The molecule has 0 N–H and O–H groups in total. The van der Waals surface area contributed by atoms with Gasteiger partial charge in [0.15, 0.2) is 0 Å². The van der Waals surface area contributed by atoms with Crippen molar-refractivity contribution in [1.82, 2.24) is 9.55 Å². The SMILES string of the molecule is CCN1C(=O)/C(=C\c2nc3ccccc3c(=O)n2-c2cccc([N+](=O)[O-])c2)c2ccccc21. The number of hydrogen-bond acceptors (Lipinski definition) is 5. The maximum Gasteiger partial charge on any atom is 0.271 e. The molecule has 1 aromatic heterocycles. The van der Waals surface area contributed by atoms with Crippen molar-refractivity contribution >= 4 is 39.8 Å². The highest BCUT2D eigenvalue weighted by atomic mass is 16.6.